The molecule has 0 radical (unpaired) electrons. The minimum Gasteiger partial charge on any atom is -0.461 e. The van der Waals surface area contributed by atoms with Crippen molar-refractivity contribution in [2.24, 2.45) is 0 Å². The molecule has 24 heavy (non-hydrogen) atoms. The van der Waals surface area contributed by atoms with Gasteiger partial charge in [0.05, 0.1) is 5.56 Å². The highest BCUT2D eigenvalue weighted by molar-refractivity contribution is 7.80. The predicted octanol–water partition coefficient (Wildman–Crippen LogP) is 3.05. The predicted molar refractivity (Wildman–Crippen MR) is 104 cm³/mol. The van der Waals surface area contributed by atoms with Gasteiger partial charge in [0, 0.05) is 18.8 Å². The maximum absolute atomic E-state index is 12.0. The lowest BCUT2D eigenvalue weighted by Crippen LogP contribution is -2.29. The number of anilines is 1. The van der Waals surface area contributed by atoms with Gasteiger partial charge in [0.25, 0.3) is 0 Å². The number of ether oxygens (including phenoxy) is 1. The van der Waals surface area contributed by atoms with E-state index in [9.17, 15) is 4.79 Å². The molecule has 132 valence electrons. The van der Waals surface area contributed by atoms with Crippen LogP contribution in [0.5, 0.6) is 0 Å². The normalized spacial score (nSPS) is 10.3. The van der Waals surface area contributed by atoms with Crippen molar-refractivity contribution in [3.8, 4) is 0 Å². The van der Waals surface area contributed by atoms with Crippen LogP contribution in [0.4, 0.5) is 5.69 Å². The Morgan fingerprint density at radius 1 is 1.25 bits per heavy atom. The maximum atomic E-state index is 12.0. The quantitative estimate of drug-likeness (QED) is 0.406. The van der Waals surface area contributed by atoms with Crippen LogP contribution in [0.1, 0.15) is 31.1 Å². The molecular weight excluding hydrogens is 322 g/mol. The summed E-state index contributed by atoms with van der Waals surface area (Å²) in [6.45, 7) is 13.6. The zero-order valence-electron chi connectivity index (χ0n) is 14.7. The summed E-state index contributed by atoms with van der Waals surface area (Å²) in [6.07, 6.45) is 0. The number of nitrogens with one attached hydrogen (secondary N) is 2. The van der Waals surface area contributed by atoms with Crippen molar-refractivity contribution in [2.45, 2.75) is 20.8 Å². The van der Waals surface area contributed by atoms with Crippen LogP contribution in [0.3, 0.4) is 0 Å². The van der Waals surface area contributed by atoms with Gasteiger partial charge in [0.15, 0.2) is 5.11 Å². The van der Waals surface area contributed by atoms with E-state index in [-0.39, 0.29) is 5.97 Å². The molecule has 0 saturated carbocycles. The smallest absolute Gasteiger partial charge is 0.338 e. The molecule has 1 rings (SSSR count). The molecule has 0 atom stereocenters. The summed E-state index contributed by atoms with van der Waals surface area (Å²) in [5.74, 6) is -0.309. The summed E-state index contributed by atoms with van der Waals surface area (Å²) in [4.78, 5) is 14.2. The second kappa shape index (κ2) is 10.8. The molecule has 0 bridgehead atoms. The van der Waals surface area contributed by atoms with Crippen LogP contribution in [0.15, 0.2) is 36.4 Å². The summed E-state index contributed by atoms with van der Waals surface area (Å²) in [6, 6.07) is 7.05. The molecule has 5 nitrogen and oxygen atoms in total. The standard InChI is InChI=1S/C18H27N3O2S/c1-5-21(6-2)11-12-23-17(22)15-7-9-16(10-8-15)20-18(24)19-13-14(3)4/h7-10H,3,5-6,11-13H2,1-2,4H3,(H2,19,20,24). The molecular formula is C18H27N3O2S. The van der Waals surface area contributed by atoms with E-state index in [0.29, 0.717) is 23.8 Å². The first kappa shape index (κ1) is 20.1. The lowest BCUT2D eigenvalue weighted by molar-refractivity contribution is 0.0466. The van der Waals surface area contributed by atoms with Crippen molar-refractivity contribution in [1.82, 2.24) is 10.2 Å². The van der Waals surface area contributed by atoms with Gasteiger partial charge in [-0.2, -0.15) is 0 Å². The topological polar surface area (TPSA) is 53.6 Å². The Balaban J connectivity index is 2.44. The van der Waals surface area contributed by atoms with Crippen LogP contribution < -0.4 is 10.6 Å². The number of rotatable bonds is 9. The highest BCUT2D eigenvalue weighted by Crippen LogP contribution is 2.10. The number of carbonyl (C=O) groups excluding carboxylic acids is 1. The van der Waals surface area contributed by atoms with Crippen LogP contribution >= 0.6 is 12.2 Å². The van der Waals surface area contributed by atoms with E-state index in [1.807, 2.05) is 6.92 Å². The number of thiocarbonyl (C=S) groups is 1. The van der Waals surface area contributed by atoms with E-state index < -0.39 is 0 Å². The first-order valence-electron chi connectivity index (χ1n) is 8.15. The number of hydrogen-bond donors (Lipinski definition) is 2. The minimum absolute atomic E-state index is 0.309. The number of esters is 1. The molecule has 1 aromatic rings. The van der Waals surface area contributed by atoms with Crippen LogP contribution in [0.2, 0.25) is 0 Å². The van der Waals surface area contributed by atoms with Crippen molar-refractivity contribution in [2.75, 3.05) is 38.1 Å². The molecule has 0 saturated heterocycles. The molecule has 2 N–H and O–H groups in total. The largest absolute Gasteiger partial charge is 0.461 e. The average Bonchev–Trinajstić information content (AvgIpc) is 2.57. The Bertz CT molecular complexity index is 554. The Morgan fingerprint density at radius 2 is 1.88 bits per heavy atom. The summed E-state index contributed by atoms with van der Waals surface area (Å²) in [7, 11) is 0. The Labute approximate surface area is 150 Å². The second-order valence-electron chi connectivity index (χ2n) is 5.50. The van der Waals surface area contributed by atoms with Gasteiger partial charge < -0.3 is 20.3 Å². The Kier molecular flexibility index (Phi) is 9.04. The molecule has 0 amide bonds. The maximum Gasteiger partial charge on any atom is 0.338 e. The Morgan fingerprint density at radius 3 is 2.42 bits per heavy atom. The third-order valence-corrected chi connectivity index (χ3v) is 3.71. The van der Waals surface area contributed by atoms with Gasteiger partial charge >= 0.3 is 5.97 Å². The van der Waals surface area contributed by atoms with Gasteiger partial charge in [-0.15, -0.1) is 0 Å². The first-order valence-corrected chi connectivity index (χ1v) is 8.55. The monoisotopic (exact) mass is 349 g/mol. The number of nitrogens with zero attached hydrogens (tertiary/aromatic N) is 1. The lowest BCUT2D eigenvalue weighted by Gasteiger charge is -2.17. The zero-order valence-corrected chi connectivity index (χ0v) is 15.5. The van der Waals surface area contributed by atoms with Crippen molar-refractivity contribution < 1.29 is 9.53 Å². The molecule has 0 aliphatic heterocycles. The molecule has 0 aliphatic carbocycles. The number of likely N-dealkylation sites (N-methyl/N-ethyl adjacent to an activating group) is 1. The molecule has 1 aromatic carbocycles. The Hall–Kier alpha value is -1.92. The number of benzene rings is 1. The minimum atomic E-state index is -0.309. The fraction of sp³-hybridized carbons (Fsp3) is 0.444. The van der Waals surface area contributed by atoms with E-state index in [2.05, 4.69) is 36.0 Å². The van der Waals surface area contributed by atoms with E-state index in [4.69, 9.17) is 17.0 Å². The third-order valence-electron chi connectivity index (χ3n) is 3.46. The van der Waals surface area contributed by atoms with E-state index >= 15 is 0 Å². The molecule has 0 spiro atoms. The molecule has 0 fully saturated rings. The summed E-state index contributed by atoms with van der Waals surface area (Å²) in [5, 5.41) is 6.62. The molecule has 0 aromatic heterocycles. The van der Waals surface area contributed by atoms with Crippen molar-refractivity contribution in [3.63, 3.8) is 0 Å². The SMILES string of the molecule is C=C(C)CNC(=S)Nc1ccc(C(=O)OCCN(CC)CC)cc1. The van der Waals surface area contributed by atoms with Gasteiger partial charge in [0.2, 0.25) is 0 Å². The fourth-order valence-electron chi connectivity index (χ4n) is 1.99. The zero-order chi connectivity index (χ0) is 17.9. The van der Waals surface area contributed by atoms with Crippen LogP contribution in [-0.4, -0.2) is 48.8 Å². The summed E-state index contributed by atoms with van der Waals surface area (Å²) < 4.78 is 5.30. The van der Waals surface area contributed by atoms with Crippen LogP contribution in [0, 0.1) is 0 Å². The summed E-state index contributed by atoms with van der Waals surface area (Å²) in [5.41, 5.74) is 2.34. The lowest BCUT2D eigenvalue weighted by atomic mass is 10.2. The number of hydrogen-bond acceptors (Lipinski definition) is 4. The van der Waals surface area contributed by atoms with Gasteiger partial charge in [-0.25, -0.2) is 4.79 Å². The third kappa shape index (κ3) is 7.57. The van der Waals surface area contributed by atoms with Gasteiger partial charge in [0.1, 0.15) is 6.61 Å². The van der Waals surface area contributed by atoms with Gasteiger partial charge in [-0.05, 0) is 56.5 Å². The van der Waals surface area contributed by atoms with E-state index in [1.54, 1.807) is 24.3 Å². The van der Waals surface area contributed by atoms with Crippen LogP contribution in [0.25, 0.3) is 0 Å². The fourth-order valence-corrected chi connectivity index (χ4v) is 2.18. The van der Waals surface area contributed by atoms with Crippen molar-refractivity contribution in [3.05, 3.63) is 42.0 Å². The second-order valence-corrected chi connectivity index (χ2v) is 5.91. The molecule has 0 unspecified atom stereocenters. The highest BCUT2D eigenvalue weighted by atomic mass is 32.1. The van der Waals surface area contributed by atoms with Gasteiger partial charge in [-0.1, -0.05) is 26.0 Å². The van der Waals surface area contributed by atoms with Gasteiger partial charge in [-0.3, -0.25) is 0 Å². The molecule has 6 heteroatoms. The van der Waals surface area contributed by atoms with Crippen LogP contribution in [-0.2, 0) is 4.74 Å². The highest BCUT2D eigenvalue weighted by Gasteiger charge is 2.08. The van der Waals surface area contributed by atoms with Crippen molar-refractivity contribution >= 4 is 29.0 Å². The number of carbonyl (C=O) groups is 1. The first-order chi connectivity index (χ1) is 11.5. The summed E-state index contributed by atoms with van der Waals surface area (Å²) >= 11 is 5.18. The average molecular weight is 350 g/mol. The molecule has 0 aliphatic rings. The molecule has 0 heterocycles. The van der Waals surface area contributed by atoms with Crippen molar-refractivity contribution in [1.29, 1.82) is 0 Å². The van der Waals surface area contributed by atoms with E-state index in [1.165, 1.54) is 0 Å². The van der Waals surface area contributed by atoms with E-state index in [0.717, 1.165) is 30.9 Å².